The molecule has 49 heavy (non-hydrogen) atoms. The monoisotopic (exact) mass is 733 g/mol. The number of carbonyl (C=O) groups is 4. The van der Waals surface area contributed by atoms with Crippen LogP contribution in [0.1, 0.15) is 55.8 Å². The van der Waals surface area contributed by atoms with Crippen molar-refractivity contribution >= 4 is 45.3 Å². The molecule has 0 saturated carbocycles. The Bertz CT molecular complexity index is 1680. The summed E-state index contributed by atoms with van der Waals surface area (Å²) >= 11 is 3.63. The van der Waals surface area contributed by atoms with Gasteiger partial charge in [-0.1, -0.05) is 84.4 Å². The predicted octanol–water partition coefficient (Wildman–Crippen LogP) is 4.67. The first-order chi connectivity index (χ1) is 23.5. The molecule has 3 amide bonds. The first-order valence-electron chi connectivity index (χ1n) is 17.0. The van der Waals surface area contributed by atoms with E-state index in [1.165, 1.54) is 4.90 Å². The Hall–Kier alpha value is -3.80. The van der Waals surface area contributed by atoms with Crippen LogP contribution in [0.4, 0.5) is 5.69 Å². The van der Waals surface area contributed by atoms with Gasteiger partial charge in [-0.25, -0.2) is 0 Å². The van der Waals surface area contributed by atoms with Crippen molar-refractivity contribution in [3.63, 3.8) is 0 Å². The molecule has 5 bridgehead atoms. The van der Waals surface area contributed by atoms with Gasteiger partial charge in [-0.15, -0.1) is 0 Å². The van der Waals surface area contributed by atoms with Gasteiger partial charge in [-0.3, -0.25) is 19.2 Å². The van der Waals surface area contributed by atoms with E-state index in [4.69, 9.17) is 9.47 Å². The smallest absolute Gasteiger partial charge is 0.306 e. The molecule has 260 valence electrons. The van der Waals surface area contributed by atoms with Crippen LogP contribution in [0.25, 0.3) is 0 Å². The molecule has 4 aliphatic heterocycles. The fourth-order valence-corrected chi connectivity index (χ4v) is 8.57. The molecule has 2 aromatic rings. The summed E-state index contributed by atoms with van der Waals surface area (Å²) in [4.78, 5) is 60.4. The summed E-state index contributed by atoms with van der Waals surface area (Å²) in [6.45, 7) is 7.60. The number of allylic oxidation sites excluding steroid dienone is 1. The number of esters is 1. The number of nitrogens with zero attached hydrogens (tertiary/aromatic N) is 2. The molecule has 0 radical (unpaired) electrons. The van der Waals surface area contributed by atoms with Crippen LogP contribution >= 0.6 is 15.9 Å². The summed E-state index contributed by atoms with van der Waals surface area (Å²) in [5, 5.41) is 13.8. The summed E-state index contributed by atoms with van der Waals surface area (Å²) in [5.74, 6) is -3.55. The Balaban J connectivity index is 1.50. The Morgan fingerprint density at radius 3 is 2.51 bits per heavy atom. The number of amides is 3. The average Bonchev–Trinajstić information content (AvgIpc) is 3.67. The quantitative estimate of drug-likeness (QED) is 0.327. The molecule has 0 aliphatic carbocycles. The standard InChI is InChI=1S/C38H44BrN3O7/c1-22(2)17-26(20-43)42-34-37(47)41(29-18-23(3)14-15-24(29)4)16-10-6-9-13-30(44)48-21-28(25-11-7-5-8-12-25)40-35(45)31-32(36(42)46)38(34)19-27(39)33(31)49-38/h5-8,10-12,14-15,18-19,22,26,28,31-34,43H,9,13,16-17,20-21H2,1-4H3,(H,40,45)/b10-6-/t26-,28-,31-,32+,33-,34-,38+/m1/s1. The Morgan fingerprint density at radius 1 is 1.04 bits per heavy atom. The second-order valence-electron chi connectivity index (χ2n) is 13.9. The van der Waals surface area contributed by atoms with Crippen molar-refractivity contribution in [2.45, 2.75) is 76.8 Å². The number of anilines is 1. The SMILES string of the molecule is Cc1ccc(C)c(N2C/C=C\CCC(=O)OC[C@H](c3ccccc3)NC(=O)[C@H]3[C@@H]4O[C@@]5(C=C4Br)[C@@H]3C(=O)N([C@@H](CO)CC(C)C)[C@@H]5C2=O)c1. The molecule has 1 spiro atoms. The van der Waals surface area contributed by atoms with E-state index in [2.05, 4.69) is 21.2 Å². The fraction of sp³-hybridized carbons (Fsp3) is 0.474. The molecule has 2 fully saturated rings. The van der Waals surface area contributed by atoms with Crippen LogP contribution in [0.3, 0.4) is 0 Å². The topological polar surface area (TPSA) is 125 Å². The molecule has 6 rings (SSSR count). The summed E-state index contributed by atoms with van der Waals surface area (Å²) < 4.78 is 12.9. The van der Waals surface area contributed by atoms with Gasteiger partial charge in [0, 0.05) is 23.1 Å². The van der Waals surface area contributed by atoms with Crippen molar-refractivity contribution in [3.8, 4) is 0 Å². The molecule has 7 atom stereocenters. The number of aliphatic hydroxyl groups excluding tert-OH is 1. The number of halogens is 1. The van der Waals surface area contributed by atoms with E-state index in [1.54, 1.807) is 11.0 Å². The van der Waals surface area contributed by atoms with Gasteiger partial charge in [0.05, 0.1) is 30.5 Å². The minimum atomic E-state index is -1.47. The van der Waals surface area contributed by atoms with Gasteiger partial charge in [-0.05, 0) is 61.4 Å². The lowest BCUT2D eigenvalue weighted by Crippen LogP contribution is -2.59. The highest BCUT2D eigenvalue weighted by Gasteiger charge is 2.75. The third-order valence-corrected chi connectivity index (χ3v) is 10.7. The fourth-order valence-electron chi connectivity index (χ4n) is 7.84. The number of fused-ring (bicyclic) bond motifs is 2. The molecular formula is C38H44BrN3O7. The zero-order valence-electron chi connectivity index (χ0n) is 28.3. The molecule has 2 aromatic carbocycles. The van der Waals surface area contributed by atoms with E-state index >= 15 is 4.79 Å². The van der Waals surface area contributed by atoms with Gasteiger partial charge in [0.2, 0.25) is 11.8 Å². The van der Waals surface area contributed by atoms with Crippen molar-refractivity contribution in [3.05, 3.63) is 87.9 Å². The lowest BCUT2D eigenvalue weighted by Gasteiger charge is -2.39. The van der Waals surface area contributed by atoms with Crippen LogP contribution in [-0.4, -0.2) is 77.2 Å². The Morgan fingerprint density at radius 2 is 1.80 bits per heavy atom. The largest absolute Gasteiger partial charge is 0.463 e. The summed E-state index contributed by atoms with van der Waals surface area (Å²) in [6, 6.07) is 12.6. The maximum atomic E-state index is 15.2. The number of aliphatic hydroxyl groups is 1. The zero-order valence-corrected chi connectivity index (χ0v) is 29.9. The molecule has 2 saturated heterocycles. The highest BCUT2D eigenvalue weighted by Crippen LogP contribution is 2.59. The summed E-state index contributed by atoms with van der Waals surface area (Å²) in [6.07, 6.45) is 5.64. The van der Waals surface area contributed by atoms with Crippen molar-refractivity contribution in [2.24, 2.45) is 17.8 Å². The molecule has 4 heterocycles. The van der Waals surface area contributed by atoms with E-state index in [-0.39, 0.29) is 38.0 Å². The lowest BCUT2D eigenvalue weighted by atomic mass is 9.74. The minimum Gasteiger partial charge on any atom is -0.463 e. The van der Waals surface area contributed by atoms with Crippen LogP contribution < -0.4 is 10.2 Å². The Labute approximate surface area is 295 Å². The number of nitrogens with one attached hydrogen (secondary N) is 1. The van der Waals surface area contributed by atoms with Gasteiger partial charge < -0.3 is 29.7 Å². The number of ether oxygens (including phenoxy) is 2. The van der Waals surface area contributed by atoms with Gasteiger partial charge in [-0.2, -0.15) is 0 Å². The van der Waals surface area contributed by atoms with E-state index < -0.39 is 59.5 Å². The summed E-state index contributed by atoms with van der Waals surface area (Å²) in [7, 11) is 0. The normalized spacial score (nSPS) is 30.3. The maximum absolute atomic E-state index is 15.2. The van der Waals surface area contributed by atoms with Crippen LogP contribution in [0.2, 0.25) is 0 Å². The van der Waals surface area contributed by atoms with E-state index in [1.807, 2.05) is 88.4 Å². The van der Waals surface area contributed by atoms with Crippen LogP contribution in [0.15, 0.2) is 71.2 Å². The Kier molecular flexibility index (Phi) is 10.2. The zero-order chi connectivity index (χ0) is 35.0. The van der Waals surface area contributed by atoms with E-state index in [0.717, 1.165) is 16.7 Å². The highest BCUT2D eigenvalue weighted by atomic mass is 79.9. The molecule has 0 unspecified atom stereocenters. The maximum Gasteiger partial charge on any atom is 0.306 e. The van der Waals surface area contributed by atoms with E-state index in [9.17, 15) is 19.5 Å². The van der Waals surface area contributed by atoms with E-state index in [0.29, 0.717) is 23.0 Å². The third kappa shape index (κ3) is 6.48. The number of carbonyl (C=O) groups excluding carboxylic acids is 4. The second-order valence-corrected chi connectivity index (χ2v) is 14.9. The van der Waals surface area contributed by atoms with Gasteiger partial charge in [0.15, 0.2) is 0 Å². The van der Waals surface area contributed by atoms with Crippen LogP contribution in [-0.2, 0) is 28.7 Å². The number of aryl methyl sites for hydroxylation is 2. The lowest BCUT2D eigenvalue weighted by molar-refractivity contribution is -0.146. The third-order valence-electron chi connectivity index (χ3n) is 10.1. The first kappa shape index (κ1) is 35.0. The molecule has 4 aliphatic rings. The number of benzene rings is 2. The summed E-state index contributed by atoms with van der Waals surface area (Å²) in [5.41, 5.74) is 1.78. The number of cyclic esters (lactones) is 1. The van der Waals surface area contributed by atoms with Crippen LogP contribution in [0, 0.1) is 31.6 Å². The molecule has 10 nitrogen and oxygen atoms in total. The molecule has 0 aromatic heterocycles. The second kappa shape index (κ2) is 14.2. The van der Waals surface area contributed by atoms with Crippen molar-refractivity contribution in [1.82, 2.24) is 10.2 Å². The number of rotatable bonds is 6. The van der Waals surface area contributed by atoms with Crippen molar-refractivity contribution in [2.75, 3.05) is 24.7 Å². The number of hydrogen-bond donors (Lipinski definition) is 2. The minimum absolute atomic E-state index is 0.0913. The van der Waals surface area contributed by atoms with Crippen molar-refractivity contribution < 1.29 is 33.8 Å². The number of hydrogen-bond acceptors (Lipinski definition) is 7. The molecule has 11 heteroatoms. The highest BCUT2D eigenvalue weighted by molar-refractivity contribution is 9.11. The predicted molar refractivity (Wildman–Crippen MR) is 187 cm³/mol. The van der Waals surface area contributed by atoms with Gasteiger partial charge in [0.1, 0.15) is 24.4 Å². The van der Waals surface area contributed by atoms with Gasteiger partial charge >= 0.3 is 5.97 Å². The average molecular weight is 735 g/mol. The number of likely N-dealkylation sites (tertiary alicyclic amines) is 1. The van der Waals surface area contributed by atoms with Crippen molar-refractivity contribution in [1.29, 1.82) is 0 Å². The molecule has 2 N–H and O–H groups in total. The van der Waals surface area contributed by atoms with Gasteiger partial charge in [0.25, 0.3) is 5.91 Å². The molecular weight excluding hydrogens is 690 g/mol. The first-order valence-corrected chi connectivity index (χ1v) is 17.8. The van der Waals surface area contributed by atoms with Crippen LogP contribution in [0.5, 0.6) is 0 Å².